The molecule has 0 aromatic carbocycles. The number of nitrogens with zero attached hydrogens (tertiary/aromatic N) is 1. The van der Waals surface area contributed by atoms with E-state index in [4.69, 9.17) is 16.0 Å². The van der Waals surface area contributed by atoms with Crippen molar-refractivity contribution in [3.8, 4) is 0 Å². The summed E-state index contributed by atoms with van der Waals surface area (Å²) in [7, 11) is 0. The standard InChI is InChI=1S/C15H22ClN3O/c1-4-5-6-14-18-12(15(16)19-14)9-17-11(3)13-8-7-10(2)20-13/h7-8,11,17H,4-6,9H2,1-3H3,(H,18,19). The highest BCUT2D eigenvalue weighted by molar-refractivity contribution is 6.30. The van der Waals surface area contributed by atoms with Crippen LogP contribution in [0.5, 0.6) is 0 Å². The van der Waals surface area contributed by atoms with Crippen LogP contribution in [-0.2, 0) is 13.0 Å². The van der Waals surface area contributed by atoms with Crippen LogP contribution in [-0.4, -0.2) is 9.97 Å². The van der Waals surface area contributed by atoms with E-state index in [1.54, 1.807) is 0 Å². The van der Waals surface area contributed by atoms with Gasteiger partial charge >= 0.3 is 0 Å². The van der Waals surface area contributed by atoms with Crippen LogP contribution in [0.25, 0.3) is 0 Å². The zero-order valence-electron chi connectivity index (χ0n) is 12.3. The Bertz CT molecular complexity index is 547. The third-order valence-corrected chi connectivity index (χ3v) is 3.63. The van der Waals surface area contributed by atoms with Gasteiger partial charge in [-0.05, 0) is 32.4 Å². The van der Waals surface area contributed by atoms with Crippen molar-refractivity contribution in [3.05, 3.63) is 40.3 Å². The number of hydrogen-bond donors (Lipinski definition) is 2. The predicted molar refractivity (Wildman–Crippen MR) is 80.9 cm³/mol. The Labute approximate surface area is 124 Å². The average Bonchev–Trinajstić information content (AvgIpc) is 3.00. The van der Waals surface area contributed by atoms with E-state index in [0.29, 0.717) is 11.7 Å². The van der Waals surface area contributed by atoms with Crippen LogP contribution in [0.3, 0.4) is 0 Å². The molecule has 0 saturated carbocycles. The molecule has 0 aliphatic carbocycles. The molecule has 1 unspecified atom stereocenters. The second-order valence-corrected chi connectivity index (χ2v) is 5.47. The second kappa shape index (κ2) is 6.95. The number of rotatable bonds is 7. The first-order valence-corrected chi connectivity index (χ1v) is 7.51. The number of imidazole rings is 1. The van der Waals surface area contributed by atoms with E-state index in [1.807, 2.05) is 19.1 Å². The molecular formula is C15H22ClN3O. The summed E-state index contributed by atoms with van der Waals surface area (Å²) in [5, 5.41) is 3.95. The van der Waals surface area contributed by atoms with Crippen molar-refractivity contribution in [1.29, 1.82) is 0 Å². The number of nitrogens with one attached hydrogen (secondary N) is 2. The highest BCUT2D eigenvalue weighted by Crippen LogP contribution is 2.18. The van der Waals surface area contributed by atoms with E-state index < -0.39 is 0 Å². The summed E-state index contributed by atoms with van der Waals surface area (Å²) in [5.41, 5.74) is 0.938. The number of halogens is 1. The molecule has 0 amide bonds. The zero-order chi connectivity index (χ0) is 14.5. The van der Waals surface area contributed by atoms with Crippen LogP contribution in [0.4, 0.5) is 0 Å². The molecule has 2 heterocycles. The van der Waals surface area contributed by atoms with Gasteiger partial charge in [0.05, 0.1) is 11.7 Å². The smallest absolute Gasteiger partial charge is 0.151 e. The summed E-state index contributed by atoms with van der Waals surface area (Å²) in [5.74, 6) is 2.83. The van der Waals surface area contributed by atoms with Gasteiger partial charge in [-0.1, -0.05) is 24.9 Å². The van der Waals surface area contributed by atoms with Gasteiger partial charge in [0.1, 0.15) is 17.3 Å². The molecule has 2 N–H and O–H groups in total. The maximum Gasteiger partial charge on any atom is 0.151 e. The molecule has 2 aromatic rings. The first kappa shape index (κ1) is 15.1. The van der Waals surface area contributed by atoms with Gasteiger partial charge in [0.15, 0.2) is 5.15 Å². The number of hydrogen-bond acceptors (Lipinski definition) is 3. The minimum Gasteiger partial charge on any atom is -0.465 e. The topological polar surface area (TPSA) is 53.9 Å². The molecule has 0 fully saturated rings. The van der Waals surface area contributed by atoms with Crippen molar-refractivity contribution in [2.45, 2.75) is 52.6 Å². The van der Waals surface area contributed by atoms with Crippen LogP contribution in [0, 0.1) is 6.92 Å². The van der Waals surface area contributed by atoms with E-state index >= 15 is 0 Å². The van der Waals surface area contributed by atoms with Crippen LogP contribution in [0.2, 0.25) is 5.15 Å². The zero-order valence-corrected chi connectivity index (χ0v) is 13.0. The Balaban J connectivity index is 1.91. The Morgan fingerprint density at radius 2 is 2.25 bits per heavy atom. The van der Waals surface area contributed by atoms with Gasteiger partial charge in [0, 0.05) is 13.0 Å². The number of furan rings is 1. The van der Waals surface area contributed by atoms with Gasteiger partial charge in [-0.3, -0.25) is 0 Å². The number of unbranched alkanes of at least 4 members (excludes halogenated alkanes) is 1. The fourth-order valence-corrected chi connectivity index (χ4v) is 2.28. The SMILES string of the molecule is CCCCc1nc(Cl)c(CNC(C)c2ccc(C)o2)[nH]1. The van der Waals surface area contributed by atoms with E-state index in [9.17, 15) is 0 Å². The average molecular weight is 296 g/mol. The summed E-state index contributed by atoms with van der Waals surface area (Å²) in [6.45, 7) is 6.83. The van der Waals surface area contributed by atoms with Crippen molar-refractivity contribution in [2.75, 3.05) is 0 Å². The van der Waals surface area contributed by atoms with Gasteiger partial charge in [-0.2, -0.15) is 0 Å². The first-order valence-electron chi connectivity index (χ1n) is 7.13. The third kappa shape index (κ3) is 3.87. The molecule has 2 aromatic heterocycles. The maximum atomic E-state index is 6.15. The molecule has 0 aliphatic rings. The highest BCUT2D eigenvalue weighted by atomic mass is 35.5. The van der Waals surface area contributed by atoms with E-state index in [0.717, 1.165) is 42.3 Å². The minimum absolute atomic E-state index is 0.141. The molecule has 5 heteroatoms. The Kier molecular flexibility index (Phi) is 5.26. The van der Waals surface area contributed by atoms with E-state index in [1.165, 1.54) is 0 Å². The largest absolute Gasteiger partial charge is 0.465 e. The van der Waals surface area contributed by atoms with Gasteiger partial charge in [-0.25, -0.2) is 4.98 Å². The van der Waals surface area contributed by atoms with Gasteiger partial charge in [-0.15, -0.1) is 0 Å². The predicted octanol–water partition coefficient (Wildman–Crippen LogP) is 4.16. The molecule has 0 bridgehead atoms. The molecule has 0 spiro atoms. The molecule has 4 nitrogen and oxygen atoms in total. The van der Waals surface area contributed by atoms with Crippen LogP contribution in [0.1, 0.15) is 55.8 Å². The Morgan fingerprint density at radius 3 is 2.90 bits per heavy atom. The van der Waals surface area contributed by atoms with Crippen molar-refractivity contribution < 1.29 is 4.42 Å². The molecule has 0 radical (unpaired) electrons. The quantitative estimate of drug-likeness (QED) is 0.806. The lowest BCUT2D eigenvalue weighted by atomic mass is 10.2. The monoisotopic (exact) mass is 295 g/mol. The van der Waals surface area contributed by atoms with Crippen molar-refractivity contribution >= 4 is 11.6 Å². The van der Waals surface area contributed by atoms with Gasteiger partial charge in [0.2, 0.25) is 0 Å². The molecule has 2 rings (SSSR count). The number of H-pyrrole nitrogens is 1. The second-order valence-electron chi connectivity index (χ2n) is 5.11. The summed E-state index contributed by atoms with van der Waals surface area (Å²) < 4.78 is 5.60. The molecule has 0 aliphatic heterocycles. The fraction of sp³-hybridized carbons (Fsp3) is 0.533. The van der Waals surface area contributed by atoms with Gasteiger partial charge < -0.3 is 14.7 Å². The van der Waals surface area contributed by atoms with Crippen molar-refractivity contribution in [3.63, 3.8) is 0 Å². The minimum atomic E-state index is 0.141. The molecule has 20 heavy (non-hydrogen) atoms. The fourth-order valence-electron chi connectivity index (χ4n) is 2.06. The lowest BCUT2D eigenvalue weighted by Gasteiger charge is -2.10. The first-order chi connectivity index (χ1) is 9.60. The molecule has 110 valence electrons. The molecule has 1 atom stereocenters. The van der Waals surface area contributed by atoms with E-state index in [2.05, 4.69) is 29.1 Å². The maximum absolute atomic E-state index is 6.15. The van der Waals surface area contributed by atoms with Crippen molar-refractivity contribution in [1.82, 2.24) is 15.3 Å². The summed E-state index contributed by atoms with van der Waals surface area (Å²) >= 11 is 6.15. The number of aryl methyl sites for hydroxylation is 2. The van der Waals surface area contributed by atoms with E-state index in [-0.39, 0.29) is 6.04 Å². The lowest BCUT2D eigenvalue weighted by molar-refractivity contribution is 0.415. The molecular weight excluding hydrogens is 274 g/mol. The van der Waals surface area contributed by atoms with Crippen LogP contribution < -0.4 is 5.32 Å². The number of aromatic amines is 1. The Morgan fingerprint density at radius 1 is 1.45 bits per heavy atom. The summed E-state index contributed by atoms with van der Waals surface area (Å²) in [6, 6.07) is 4.11. The lowest BCUT2D eigenvalue weighted by Crippen LogP contribution is -2.18. The highest BCUT2D eigenvalue weighted by Gasteiger charge is 2.12. The summed E-state index contributed by atoms with van der Waals surface area (Å²) in [4.78, 5) is 7.64. The van der Waals surface area contributed by atoms with Crippen LogP contribution >= 0.6 is 11.6 Å². The number of aromatic nitrogens is 2. The van der Waals surface area contributed by atoms with Gasteiger partial charge in [0.25, 0.3) is 0 Å². The normalized spacial score (nSPS) is 12.8. The third-order valence-electron chi connectivity index (χ3n) is 3.32. The van der Waals surface area contributed by atoms with Crippen LogP contribution in [0.15, 0.2) is 16.5 Å². The summed E-state index contributed by atoms with van der Waals surface area (Å²) in [6.07, 6.45) is 3.22. The molecule has 0 saturated heterocycles. The van der Waals surface area contributed by atoms with Crippen molar-refractivity contribution in [2.24, 2.45) is 0 Å². The Hall–Kier alpha value is -1.26.